The molecule has 82 valence electrons. The lowest BCUT2D eigenvalue weighted by atomic mass is 10.0. The summed E-state index contributed by atoms with van der Waals surface area (Å²) in [6.45, 7) is 1.90. The van der Waals surface area contributed by atoms with Gasteiger partial charge in [0.15, 0.2) is 0 Å². The summed E-state index contributed by atoms with van der Waals surface area (Å²) >= 11 is 1.72. The molecule has 0 atom stereocenters. The number of aryl methyl sites for hydroxylation is 1. The zero-order chi connectivity index (χ0) is 11.5. The summed E-state index contributed by atoms with van der Waals surface area (Å²) in [5.74, 6) is 0.354. The SMILES string of the molecule is CSc1cccc(-c2ccc(C)c(O)c2)c1. The largest absolute Gasteiger partial charge is 0.508 e. The van der Waals surface area contributed by atoms with Gasteiger partial charge in [0, 0.05) is 4.90 Å². The molecule has 0 radical (unpaired) electrons. The fourth-order valence-electron chi connectivity index (χ4n) is 1.59. The Kier molecular flexibility index (Phi) is 3.20. The van der Waals surface area contributed by atoms with Gasteiger partial charge in [0.05, 0.1) is 0 Å². The molecule has 2 aromatic rings. The van der Waals surface area contributed by atoms with Crippen LogP contribution < -0.4 is 0 Å². The molecule has 2 rings (SSSR count). The van der Waals surface area contributed by atoms with Crippen molar-refractivity contribution in [2.24, 2.45) is 0 Å². The molecule has 0 aliphatic rings. The van der Waals surface area contributed by atoms with Crippen LogP contribution in [0.3, 0.4) is 0 Å². The maximum Gasteiger partial charge on any atom is 0.119 e. The van der Waals surface area contributed by atoms with Crippen molar-refractivity contribution in [3.8, 4) is 16.9 Å². The summed E-state index contributed by atoms with van der Waals surface area (Å²) in [6.07, 6.45) is 2.06. The smallest absolute Gasteiger partial charge is 0.119 e. The molecule has 0 saturated carbocycles. The van der Waals surface area contributed by atoms with Gasteiger partial charge in [0.1, 0.15) is 5.75 Å². The quantitative estimate of drug-likeness (QED) is 0.784. The monoisotopic (exact) mass is 230 g/mol. The van der Waals surface area contributed by atoms with Gasteiger partial charge in [0.2, 0.25) is 0 Å². The first kappa shape index (κ1) is 11.1. The lowest BCUT2D eigenvalue weighted by Gasteiger charge is -2.06. The Bertz CT molecular complexity index is 506. The Morgan fingerprint density at radius 1 is 1.00 bits per heavy atom. The second-order valence-electron chi connectivity index (χ2n) is 3.73. The van der Waals surface area contributed by atoms with Gasteiger partial charge in [-0.25, -0.2) is 0 Å². The third-order valence-electron chi connectivity index (χ3n) is 2.61. The standard InChI is InChI=1S/C14H14OS/c1-10-6-7-12(9-14(10)15)11-4-3-5-13(8-11)16-2/h3-9,15H,1-2H3. The highest BCUT2D eigenvalue weighted by Crippen LogP contribution is 2.28. The van der Waals surface area contributed by atoms with Crippen LogP contribution in [-0.4, -0.2) is 11.4 Å². The van der Waals surface area contributed by atoms with E-state index in [1.165, 1.54) is 4.90 Å². The van der Waals surface area contributed by atoms with Gasteiger partial charge in [-0.05, 0) is 48.1 Å². The van der Waals surface area contributed by atoms with Crippen molar-refractivity contribution >= 4 is 11.8 Å². The fraction of sp³-hybridized carbons (Fsp3) is 0.143. The van der Waals surface area contributed by atoms with Crippen LogP contribution in [0, 0.1) is 6.92 Å². The highest BCUT2D eigenvalue weighted by atomic mass is 32.2. The molecule has 0 spiro atoms. The van der Waals surface area contributed by atoms with Crippen LogP contribution >= 0.6 is 11.8 Å². The Morgan fingerprint density at radius 3 is 2.44 bits per heavy atom. The van der Waals surface area contributed by atoms with Gasteiger partial charge in [-0.1, -0.05) is 24.3 Å². The zero-order valence-corrected chi connectivity index (χ0v) is 10.2. The van der Waals surface area contributed by atoms with Gasteiger partial charge < -0.3 is 5.11 Å². The highest BCUT2D eigenvalue weighted by molar-refractivity contribution is 7.98. The summed E-state index contributed by atoms with van der Waals surface area (Å²) in [7, 11) is 0. The Hall–Kier alpha value is -1.41. The maximum absolute atomic E-state index is 9.68. The van der Waals surface area contributed by atoms with Crippen molar-refractivity contribution in [3.63, 3.8) is 0 Å². The fourth-order valence-corrected chi connectivity index (χ4v) is 2.05. The van der Waals surface area contributed by atoms with Crippen molar-refractivity contribution in [2.45, 2.75) is 11.8 Å². The third-order valence-corrected chi connectivity index (χ3v) is 3.34. The molecule has 2 heteroatoms. The molecule has 0 aromatic heterocycles. The average molecular weight is 230 g/mol. The van der Waals surface area contributed by atoms with E-state index in [9.17, 15) is 5.11 Å². The van der Waals surface area contributed by atoms with Gasteiger partial charge >= 0.3 is 0 Å². The molecular formula is C14H14OS. The zero-order valence-electron chi connectivity index (χ0n) is 9.40. The van der Waals surface area contributed by atoms with Crippen molar-refractivity contribution in [1.82, 2.24) is 0 Å². The van der Waals surface area contributed by atoms with E-state index in [0.29, 0.717) is 5.75 Å². The molecule has 1 N–H and O–H groups in total. The van der Waals surface area contributed by atoms with Crippen LogP contribution in [-0.2, 0) is 0 Å². The number of phenolic OH excluding ortho intramolecular Hbond substituents is 1. The number of hydrogen-bond acceptors (Lipinski definition) is 2. The minimum atomic E-state index is 0.354. The van der Waals surface area contributed by atoms with Crippen molar-refractivity contribution in [2.75, 3.05) is 6.26 Å². The summed E-state index contributed by atoms with van der Waals surface area (Å²) in [5, 5.41) is 9.68. The molecule has 0 bridgehead atoms. The van der Waals surface area contributed by atoms with Gasteiger partial charge in [-0.3, -0.25) is 0 Å². The summed E-state index contributed by atoms with van der Waals surface area (Å²) in [5.41, 5.74) is 3.10. The van der Waals surface area contributed by atoms with Crippen LogP contribution in [0.25, 0.3) is 11.1 Å². The van der Waals surface area contributed by atoms with E-state index in [4.69, 9.17) is 0 Å². The minimum Gasteiger partial charge on any atom is -0.508 e. The van der Waals surface area contributed by atoms with E-state index in [-0.39, 0.29) is 0 Å². The summed E-state index contributed by atoms with van der Waals surface area (Å²) < 4.78 is 0. The van der Waals surface area contributed by atoms with Gasteiger partial charge in [0.25, 0.3) is 0 Å². The van der Waals surface area contributed by atoms with Crippen LogP contribution in [0.15, 0.2) is 47.4 Å². The molecule has 2 aromatic carbocycles. The average Bonchev–Trinajstić information content (AvgIpc) is 2.33. The first-order valence-electron chi connectivity index (χ1n) is 5.15. The van der Waals surface area contributed by atoms with E-state index >= 15 is 0 Å². The van der Waals surface area contributed by atoms with E-state index in [1.54, 1.807) is 11.8 Å². The Labute approximate surface area is 100 Å². The molecule has 0 heterocycles. The van der Waals surface area contributed by atoms with Crippen LogP contribution in [0.2, 0.25) is 0 Å². The molecule has 0 amide bonds. The van der Waals surface area contributed by atoms with Crippen LogP contribution in [0.5, 0.6) is 5.75 Å². The number of rotatable bonds is 2. The molecule has 0 saturated heterocycles. The maximum atomic E-state index is 9.68. The van der Waals surface area contributed by atoms with Crippen LogP contribution in [0.1, 0.15) is 5.56 Å². The van der Waals surface area contributed by atoms with E-state index < -0.39 is 0 Å². The highest BCUT2D eigenvalue weighted by Gasteiger charge is 2.02. The molecule has 0 unspecified atom stereocenters. The molecule has 0 aliphatic heterocycles. The Morgan fingerprint density at radius 2 is 1.75 bits per heavy atom. The van der Waals surface area contributed by atoms with Crippen LogP contribution in [0.4, 0.5) is 0 Å². The predicted octanol–water partition coefficient (Wildman–Crippen LogP) is 4.09. The van der Waals surface area contributed by atoms with Crippen molar-refractivity contribution in [1.29, 1.82) is 0 Å². The predicted molar refractivity (Wildman–Crippen MR) is 70.1 cm³/mol. The molecule has 0 aliphatic carbocycles. The topological polar surface area (TPSA) is 20.2 Å². The summed E-state index contributed by atoms with van der Waals surface area (Å²) in [4.78, 5) is 1.23. The first-order valence-corrected chi connectivity index (χ1v) is 6.37. The number of benzene rings is 2. The van der Waals surface area contributed by atoms with Crippen molar-refractivity contribution in [3.05, 3.63) is 48.0 Å². The lowest BCUT2D eigenvalue weighted by Crippen LogP contribution is -1.80. The van der Waals surface area contributed by atoms with Gasteiger partial charge in [-0.2, -0.15) is 0 Å². The van der Waals surface area contributed by atoms with Gasteiger partial charge in [-0.15, -0.1) is 11.8 Å². The second-order valence-corrected chi connectivity index (χ2v) is 4.61. The molecule has 1 nitrogen and oxygen atoms in total. The molecular weight excluding hydrogens is 216 g/mol. The lowest BCUT2D eigenvalue weighted by molar-refractivity contribution is 0.471. The molecule has 0 fully saturated rings. The van der Waals surface area contributed by atoms with Crippen molar-refractivity contribution < 1.29 is 5.11 Å². The molecule has 16 heavy (non-hydrogen) atoms. The first-order chi connectivity index (χ1) is 7.70. The number of thioether (sulfide) groups is 1. The second kappa shape index (κ2) is 4.62. The number of phenols is 1. The van der Waals surface area contributed by atoms with E-state index in [0.717, 1.165) is 16.7 Å². The summed E-state index contributed by atoms with van der Waals surface area (Å²) in [6, 6.07) is 14.1. The number of aromatic hydroxyl groups is 1. The van der Waals surface area contributed by atoms with E-state index in [1.807, 2.05) is 31.2 Å². The Balaban J connectivity index is 2.46. The normalized spacial score (nSPS) is 10.4. The third kappa shape index (κ3) is 2.22. The van der Waals surface area contributed by atoms with E-state index in [2.05, 4.69) is 24.5 Å². The minimum absolute atomic E-state index is 0.354. The number of hydrogen-bond donors (Lipinski definition) is 1.